The molecule has 0 aromatic heterocycles. The number of hydrogen-bond donors (Lipinski definition) is 0. The van der Waals surface area contributed by atoms with Crippen molar-refractivity contribution in [3.63, 3.8) is 0 Å². The largest absolute Gasteiger partial charge is 0.141 e. The van der Waals surface area contributed by atoms with Crippen LogP contribution >= 0.6 is 41.5 Å². The van der Waals surface area contributed by atoms with Gasteiger partial charge < -0.3 is 0 Å². The summed E-state index contributed by atoms with van der Waals surface area (Å²) in [6.45, 7) is 2.26. The lowest BCUT2D eigenvalue weighted by atomic mass is 10.1. The van der Waals surface area contributed by atoms with E-state index in [1.807, 2.05) is 11.4 Å². The summed E-state index contributed by atoms with van der Waals surface area (Å²) in [6, 6.07) is 0. The molecule has 0 aromatic carbocycles. The van der Waals surface area contributed by atoms with Gasteiger partial charge in [0.1, 0.15) is 0 Å². The summed E-state index contributed by atoms with van der Waals surface area (Å²) >= 11 is 1.88. The van der Waals surface area contributed by atoms with Gasteiger partial charge in [-0.1, -0.05) is 47.5 Å². The fraction of sp³-hybridized carbons (Fsp3) is 1.00. The monoisotopic (exact) mass is 248 g/mol. The van der Waals surface area contributed by atoms with Gasteiger partial charge in [-0.25, -0.2) is 0 Å². The van der Waals surface area contributed by atoms with Gasteiger partial charge in [-0.05, 0) is 12.2 Å². The van der Waals surface area contributed by atoms with Crippen molar-refractivity contribution < 1.29 is 0 Å². The van der Waals surface area contributed by atoms with Crippen molar-refractivity contribution in [1.29, 1.82) is 0 Å². The van der Waals surface area contributed by atoms with Crippen LogP contribution in [0.15, 0.2) is 0 Å². The van der Waals surface area contributed by atoms with E-state index in [9.17, 15) is 0 Å². The number of hydrogen-bond acceptors (Lipinski definition) is 1. The molecule has 0 spiro atoms. The van der Waals surface area contributed by atoms with Crippen LogP contribution in [0.25, 0.3) is 0 Å². The normalized spacial score (nSPS) is 9.00. The quantitative estimate of drug-likeness (QED) is 0.438. The van der Waals surface area contributed by atoms with Gasteiger partial charge in [0.25, 0.3) is 0 Å². The Hall–Kier alpha value is 1.36. The summed E-state index contributed by atoms with van der Waals surface area (Å²) in [5.41, 5.74) is 0. The lowest BCUT2D eigenvalue weighted by molar-refractivity contribution is 0.627. The lowest BCUT2D eigenvalue weighted by Gasteiger charge is -1.97. The maximum Gasteiger partial charge on any atom is 0 e. The molecule has 0 aliphatic carbocycles. The second-order valence-electron chi connectivity index (χ2n) is 2.64. The molecule has 0 saturated heterocycles. The predicted molar refractivity (Wildman–Crippen MR) is 67.3 cm³/mol. The average Bonchev–Trinajstić information content (AvgIpc) is 2.15. The number of rotatable bonds is 7. The van der Waals surface area contributed by atoms with Gasteiger partial charge in [0.05, 0.1) is 0 Å². The minimum Gasteiger partial charge on any atom is -0.141 e. The fourth-order valence-electron chi connectivity index (χ4n) is 0.966. The highest BCUT2D eigenvalue weighted by molar-refractivity contribution is 8.43. The maximum absolute atomic E-state index is 4.11. The Morgan fingerprint density at radius 1 is 1.00 bits per heavy atom. The molecule has 0 nitrogen and oxygen atoms in total. The zero-order valence-electron chi connectivity index (χ0n) is 7.69. The van der Waals surface area contributed by atoms with E-state index >= 15 is 0 Å². The molecule has 1 atom stereocenters. The summed E-state index contributed by atoms with van der Waals surface area (Å²) in [5, 5.41) is 0. The van der Waals surface area contributed by atoms with E-state index in [4.69, 9.17) is 0 Å². The van der Waals surface area contributed by atoms with Crippen LogP contribution < -0.4 is 0 Å². The van der Waals surface area contributed by atoms with Crippen LogP contribution in [0.5, 0.6) is 0 Å². The predicted octanol–water partition coefficient (Wildman–Crippen LogP) is 5.25. The SMILES string of the molecule is CCCCCCCCSP.ClCl. The van der Waals surface area contributed by atoms with Gasteiger partial charge in [-0.15, -0.1) is 11.4 Å². The Bertz CT molecular complexity index is 57.0. The average molecular weight is 249 g/mol. The van der Waals surface area contributed by atoms with Crippen LogP contribution in [0.2, 0.25) is 0 Å². The minimum atomic E-state index is 1.32. The summed E-state index contributed by atoms with van der Waals surface area (Å²) in [4.78, 5) is 0. The third-order valence-electron chi connectivity index (χ3n) is 1.62. The van der Waals surface area contributed by atoms with Gasteiger partial charge >= 0.3 is 0 Å². The zero-order valence-corrected chi connectivity index (χ0v) is 11.2. The zero-order chi connectivity index (χ0) is 9.66. The van der Waals surface area contributed by atoms with Crippen LogP contribution in [0.1, 0.15) is 45.4 Å². The van der Waals surface area contributed by atoms with Crippen LogP contribution in [0, 0.1) is 0 Å². The van der Waals surface area contributed by atoms with E-state index in [0.29, 0.717) is 0 Å². The lowest BCUT2D eigenvalue weighted by Crippen LogP contribution is -1.79. The fourth-order valence-corrected chi connectivity index (χ4v) is 1.84. The highest BCUT2D eigenvalue weighted by Crippen LogP contribution is 2.14. The topological polar surface area (TPSA) is 0 Å². The van der Waals surface area contributed by atoms with Crippen molar-refractivity contribution in [3.05, 3.63) is 0 Å². The van der Waals surface area contributed by atoms with Crippen LogP contribution in [-0.4, -0.2) is 5.75 Å². The molecule has 12 heavy (non-hydrogen) atoms. The molecule has 0 N–H and O–H groups in total. The van der Waals surface area contributed by atoms with Crippen molar-refractivity contribution in [2.24, 2.45) is 0 Å². The molecule has 4 heteroatoms. The molecule has 0 heterocycles. The molecule has 0 radical (unpaired) electrons. The third kappa shape index (κ3) is 17.4. The second kappa shape index (κ2) is 18.2. The van der Waals surface area contributed by atoms with E-state index in [1.54, 1.807) is 0 Å². The van der Waals surface area contributed by atoms with Gasteiger partial charge in [-0.2, -0.15) is 0 Å². The Kier molecular flexibility index (Phi) is 24.0. The van der Waals surface area contributed by atoms with Crippen LogP contribution in [-0.2, 0) is 0 Å². The van der Waals surface area contributed by atoms with Crippen molar-refractivity contribution in [2.45, 2.75) is 45.4 Å². The standard InChI is InChI=1S/C8H19PS.Cl2/c1-2-3-4-5-6-7-8-10-9;1-2/h2-9H2,1H3;. The minimum absolute atomic E-state index is 1.32. The highest BCUT2D eigenvalue weighted by Gasteiger charge is 1.87. The van der Waals surface area contributed by atoms with Gasteiger partial charge in [0.15, 0.2) is 0 Å². The van der Waals surface area contributed by atoms with Gasteiger partial charge in [0.2, 0.25) is 0 Å². The van der Waals surface area contributed by atoms with E-state index in [0.717, 1.165) is 0 Å². The molecule has 0 rings (SSSR count). The molecular formula is C8H19Cl2PS. The van der Waals surface area contributed by atoms with E-state index in [-0.39, 0.29) is 0 Å². The first kappa shape index (κ1) is 15.8. The summed E-state index contributed by atoms with van der Waals surface area (Å²) in [7, 11) is 10.9. The molecule has 0 saturated carbocycles. The molecule has 0 aliphatic rings. The first-order chi connectivity index (χ1) is 5.91. The van der Waals surface area contributed by atoms with Gasteiger partial charge in [0, 0.05) is 21.7 Å². The van der Waals surface area contributed by atoms with Crippen molar-refractivity contribution >= 4 is 41.5 Å². The Morgan fingerprint density at radius 3 is 2.00 bits per heavy atom. The van der Waals surface area contributed by atoms with Crippen molar-refractivity contribution in [2.75, 3.05) is 5.75 Å². The Morgan fingerprint density at radius 2 is 1.50 bits per heavy atom. The number of unbranched alkanes of at least 4 members (excludes halogenated alkanes) is 5. The molecule has 0 aliphatic heterocycles. The molecular weight excluding hydrogens is 230 g/mol. The van der Waals surface area contributed by atoms with E-state index in [2.05, 4.69) is 37.1 Å². The molecule has 1 unspecified atom stereocenters. The van der Waals surface area contributed by atoms with Crippen molar-refractivity contribution in [3.8, 4) is 0 Å². The first-order valence-corrected chi connectivity index (χ1v) is 7.98. The summed E-state index contributed by atoms with van der Waals surface area (Å²) in [6.07, 6.45) is 8.50. The molecule has 0 aromatic rings. The first-order valence-electron chi connectivity index (χ1n) is 4.37. The Balaban J connectivity index is 0. The van der Waals surface area contributed by atoms with Gasteiger partial charge in [-0.3, -0.25) is 0 Å². The third-order valence-corrected chi connectivity index (χ3v) is 2.85. The Labute approximate surface area is 92.7 Å². The highest BCUT2D eigenvalue weighted by atomic mass is 36.5. The molecule has 0 bridgehead atoms. The van der Waals surface area contributed by atoms with E-state index < -0.39 is 0 Å². The summed E-state index contributed by atoms with van der Waals surface area (Å²) in [5.74, 6) is 1.32. The van der Waals surface area contributed by atoms with E-state index in [1.165, 1.54) is 44.3 Å². The second-order valence-corrected chi connectivity index (χ2v) is 4.38. The number of halogens is 2. The molecule has 0 amide bonds. The van der Waals surface area contributed by atoms with Crippen LogP contribution in [0.3, 0.4) is 0 Å². The molecule has 0 fully saturated rings. The van der Waals surface area contributed by atoms with Crippen LogP contribution in [0.4, 0.5) is 0 Å². The van der Waals surface area contributed by atoms with Crippen molar-refractivity contribution in [1.82, 2.24) is 0 Å². The smallest absolute Gasteiger partial charge is 0 e. The summed E-state index contributed by atoms with van der Waals surface area (Å²) < 4.78 is 0. The molecule has 76 valence electrons. The maximum atomic E-state index is 4.11.